The number of aromatic nitrogens is 2. The van der Waals surface area contributed by atoms with Crippen LogP contribution < -0.4 is 4.74 Å². The summed E-state index contributed by atoms with van der Waals surface area (Å²) in [6.45, 7) is 0.787. The zero-order valence-corrected chi connectivity index (χ0v) is 11.5. The third-order valence-electron chi connectivity index (χ3n) is 2.91. The van der Waals surface area contributed by atoms with Crippen LogP contribution >= 0.6 is 23.6 Å². The zero-order chi connectivity index (χ0) is 12.5. The largest absolute Gasteiger partial charge is 0.494 e. The van der Waals surface area contributed by atoms with Crippen LogP contribution in [-0.2, 0) is 6.54 Å². The summed E-state index contributed by atoms with van der Waals surface area (Å²) in [7, 11) is 1.67. The molecule has 3 aromatic rings. The Morgan fingerprint density at radius 2 is 2.28 bits per heavy atom. The molecule has 5 heteroatoms. The van der Waals surface area contributed by atoms with Crippen LogP contribution in [0.25, 0.3) is 11.0 Å². The van der Waals surface area contributed by atoms with Crippen molar-refractivity contribution < 1.29 is 4.74 Å². The highest BCUT2D eigenvalue weighted by atomic mass is 32.1. The van der Waals surface area contributed by atoms with E-state index in [2.05, 4.69) is 32.4 Å². The summed E-state index contributed by atoms with van der Waals surface area (Å²) in [6.07, 6.45) is 0. The second-order valence-corrected chi connectivity index (χ2v) is 5.17. The molecule has 0 aliphatic rings. The molecule has 0 bridgehead atoms. The maximum absolute atomic E-state index is 5.39. The molecule has 1 aromatic carbocycles. The average molecular weight is 276 g/mol. The van der Waals surface area contributed by atoms with Crippen LogP contribution in [-0.4, -0.2) is 16.7 Å². The first-order valence-electron chi connectivity index (χ1n) is 5.56. The molecule has 92 valence electrons. The van der Waals surface area contributed by atoms with E-state index in [0.29, 0.717) is 0 Å². The van der Waals surface area contributed by atoms with Crippen LogP contribution in [0.4, 0.5) is 0 Å². The normalized spacial score (nSPS) is 10.9. The van der Waals surface area contributed by atoms with Crippen LogP contribution in [0.1, 0.15) is 5.56 Å². The predicted octanol–water partition coefficient (Wildman–Crippen LogP) is 3.82. The van der Waals surface area contributed by atoms with Gasteiger partial charge in [0.2, 0.25) is 0 Å². The number of ether oxygens (including phenoxy) is 1. The lowest BCUT2D eigenvalue weighted by molar-refractivity contribution is 0.419. The Morgan fingerprint density at radius 1 is 1.39 bits per heavy atom. The van der Waals surface area contributed by atoms with Crippen molar-refractivity contribution in [1.29, 1.82) is 0 Å². The predicted molar refractivity (Wildman–Crippen MR) is 77.1 cm³/mol. The van der Waals surface area contributed by atoms with Gasteiger partial charge in [0.25, 0.3) is 0 Å². The number of benzene rings is 1. The molecular formula is C13H12N2OS2. The van der Waals surface area contributed by atoms with Crippen LogP contribution in [0.3, 0.4) is 0 Å². The summed E-state index contributed by atoms with van der Waals surface area (Å²) in [4.78, 5) is 3.22. The monoisotopic (exact) mass is 276 g/mol. The van der Waals surface area contributed by atoms with Crippen LogP contribution in [0.5, 0.6) is 5.75 Å². The summed E-state index contributed by atoms with van der Waals surface area (Å²) < 4.78 is 8.16. The number of hydrogen-bond donors (Lipinski definition) is 1. The number of methoxy groups -OCH3 is 1. The van der Waals surface area contributed by atoms with Gasteiger partial charge in [-0.25, -0.2) is 0 Å². The standard InChI is InChI=1S/C13H12N2OS2/c1-16-11-4-2-3-10-12(11)14-13(17)15(10)7-9-5-6-18-8-9/h2-6,8H,7H2,1H3,(H,14,17). The van der Waals surface area contributed by atoms with Gasteiger partial charge in [-0.15, -0.1) is 0 Å². The molecule has 0 atom stereocenters. The molecule has 0 amide bonds. The Balaban J connectivity index is 2.17. The Bertz CT molecular complexity index is 725. The second-order valence-electron chi connectivity index (χ2n) is 4.00. The number of thiophene rings is 1. The van der Waals surface area contributed by atoms with Gasteiger partial charge in [0.1, 0.15) is 11.3 Å². The molecule has 1 N–H and O–H groups in total. The number of para-hydroxylation sites is 1. The molecule has 2 aromatic heterocycles. The summed E-state index contributed by atoms with van der Waals surface area (Å²) >= 11 is 7.09. The maximum Gasteiger partial charge on any atom is 0.178 e. The number of H-pyrrole nitrogens is 1. The number of aromatic amines is 1. The van der Waals surface area contributed by atoms with E-state index in [0.717, 1.165) is 28.1 Å². The van der Waals surface area contributed by atoms with E-state index in [-0.39, 0.29) is 0 Å². The molecule has 0 fully saturated rings. The second kappa shape index (κ2) is 4.59. The van der Waals surface area contributed by atoms with Gasteiger partial charge in [-0.05, 0) is 46.7 Å². The number of hydrogen-bond acceptors (Lipinski definition) is 3. The minimum atomic E-state index is 0.723. The number of imidazole rings is 1. The van der Waals surface area contributed by atoms with E-state index in [9.17, 15) is 0 Å². The Morgan fingerprint density at radius 3 is 3.00 bits per heavy atom. The smallest absolute Gasteiger partial charge is 0.178 e. The lowest BCUT2D eigenvalue weighted by atomic mass is 10.3. The van der Waals surface area contributed by atoms with Gasteiger partial charge in [0, 0.05) is 0 Å². The zero-order valence-electron chi connectivity index (χ0n) is 9.84. The third-order valence-corrected chi connectivity index (χ3v) is 3.97. The molecule has 0 aliphatic heterocycles. The SMILES string of the molecule is COc1cccc2c1[nH]c(=S)n2Cc1ccsc1. The Labute approximate surface area is 114 Å². The molecule has 3 rings (SSSR count). The van der Waals surface area contributed by atoms with Crippen LogP contribution in [0.15, 0.2) is 35.0 Å². The first-order chi connectivity index (χ1) is 8.79. The quantitative estimate of drug-likeness (QED) is 0.737. The molecule has 0 saturated heterocycles. The highest BCUT2D eigenvalue weighted by molar-refractivity contribution is 7.71. The number of nitrogens with zero attached hydrogens (tertiary/aromatic N) is 1. The van der Waals surface area contributed by atoms with Gasteiger partial charge in [-0.2, -0.15) is 11.3 Å². The first kappa shape index (κ1) is 11.5. The third kappa shape index (κ3) is 1.85. The topological polar surface area (TPSA) is 29.9 Å². The fraction of sp³-hybridized carbons (Fsp3) is 0.154. The molecule has 0 spiro atoms. The van der Waals surface area contributed by atoms with Crippen molar-refractivity contribution in [2.24, 2.45) is 0 Å². The lowest BCUT2D eigenvalue weighted by Crippen LogP contribution is -1.98. The molecule has 2 heterocycles. The first-order valence-corrected chi connectivity index (χ1v) is 6.91. The van der Waals surface area contributed by atoms with E-state index in [1.54, 1.807) is 18.4 Å². The van der Waals surface area contributed by atoms with Crippen molar-refractivity contribution in [3.63, 3.8) is 0 Å². The van der Waals surface area contributed by atoms with Gasteiger partial charge >= 0.3 is 0 Å². The highest BCUT2D eigenvalue weighted by Crippen LogP contribution is 2.25. The number of rotatable bonds is 3. The maximum atomic E-state index is 5.39. The van der Waals surface area contributed by atoms with Crippen molar-refractivity contribution in [1.82, 2.24) is 9.55 Å². The van der Waals surface area contributed by atoms with Crippen molar-refractivity contribution in [3.05, 3.63) is 45.4 Å². The van der Waals surface area contributed by atoms with Crippen molar-refractivity contribution in [2.75, 3.05) is 7.11 Å². The van der Waals surface area contributed by atoms with E-state index in [1.807, 2.05) is 12.1 Å². The molecule has 3 nitrogen and oxygen atoms in total. The van der Waals surface area contributed by atoms with Gasteiger partial charge < -0.3 is 14.3 Å². The van der Waals surface area contributed by atoms with E-state index >= 15 is 0 Å². The molecule has 0 saturated carbocycles. The van der Waals surface area contributed by atoms with Crippen molar-refractivity contribution >= 4 is 34.6 Å². The van der Waals surface area contributed by atoms with Gasteiger partial charge in [0.15, 0.2) is 4.77 Å². The Kier molecular flexibility index (Phi) is 2.93. The summed E-state index contributed by atoms with van der Waals surface area (Å²) in [5.74, 6) is 0.822. The van der Waals surface area contributed by atoms with Gasteiger partial charge in [0.05, 0.1) is 19.2 Å². The van der Waals surface area contributed by atoms with Gasteiger partial charge in [-0.1, -0.05) is 6.07 Å². The van der Waals surface area contributed by atoms with E-state index in [1.165, 1.54) is 5.56 Å². The molecule has 0 aliphatic carbocycles. The van der Waals surface area contributed by atoms with Crippen molar-refractivity contribution in [2.45, 2.75) is 6.54 Å². The minimum absolute atomic E-state index is 0.723. The van der Waals surface area contributed by atoms with Crippen LogP contribution in [0.2, 0.25) is 0 Å². The summed E-state index contributed by atoms with van der Waals surface area (Å²) in [5.41, 5.74) is 3.30. The van der Waals surface area contributed by atoms with Crippen molar-refractivity contribution in [3.8, 4) is 5.75 Å². The van der Waals surface area contributed by atoms with E-state index < -0.39 is 0 Å². The van der Waals surface area contributed by atoms with Crippen LogP contribution in [0, 0.1) is 4.77 Å². The van der Waals surface area contributed by atoms with Gasteiger partial charge in [-0.3, -0.25) is 0 Å². The minimum Gasteiger partial charge on any atom is -0.494 e. The van der Waals surface area contributed by atoms with E-state index in [4.69, 9.17) is 17.0 Å². The number of fused-ring (bicyclic) bond motifs is 1. The highest BCUT2D eigenvalue weighted by Gasteiger charge is 2.08. The molecule has 0 radical (unpaired) electrons. The molecule has 18 heavy (non-hydrogen) atoms. The molecular weight excluding hydrogens is 264 g/mol. The number of nitrogens with one attached hydrogen (secondary N) is 1. The summed E-state index contributed by atoms with van der Waals surface area (Å²) in [5, 5.41) is 4.22. The fourth-order valence-electron chi connectivity index (χ4n) is 2.05. The summed E-state index contributed by atoms with van der Waals surface area (Å²) in [6, 6.07) is 8.08. The Hall–Kier alpha value is -1.59. The molecule has 0 unspecified atom stereocenters. The average Bonchev–Trinajstić information content (AvgIpc) is 2.99. The fourth-order valence-corrected chi connectivity index (χ4v) is 2.97. The lowest BCUT2D eigenvalue weighted by Gasteiger charge is -2.04.